The highest BCUT2D eigenvalue weighted by molar-refractivity contribution is 8.26. The molecule has 0 N–H and O–H groups in total. The zero-order chi connectivity index (χ0) is 15.7. The summed E-state index contributed by atoms with van der Waals surface area (Å²) in [6.07, 6.45) is 4.50. The van der Waals surface area contributed by atoms with Crippen LogP contribution in [-0.2, 0) is 4.79 Å². The molecule has 1 amide bonds. The average Bonchev–Trinajstić information content (AvgIpc) is 2.78. The van der Waals surface area contributed by atoms with Gasteiger partial charge in [0.15, 0.2) is 5.43 Å². The van der Waals surface area contributed by atoms with Crippen molar-refractivity contribution in [3.63, 3.8) is 0 Å². The van der Waals surface area contributed by atoms with Gasteiger partial charge in [-0.1, -0.05) is 42.2 Å². The van der Waals surface area contributed by atoms with Gasteiger partial charge >= 0.3 is 0 Å². The second-order valence-corrected chi connectivity index (χ2v) is 6.27. The lowest BCUT2D eigenvalue weighted by Gasteiger charge is -2.10. The predicted molar refractivity (Wildman–Crippen MR) is 92.6 cm³/mol. The van der Waals surface area contributed by atoms with Gasteiger partial charge in [-0.2, -0.15) is 0 Å². The Morgan fingerprint density at radius 3 is 2.86 bits per heavy atom. The molecule has 3 rings (SSSR count). The summed E-state index contributed by atoms with van der Waals surface area (Å²) in [5.41, 5.74) is 0.678. The predicted octanol–water partition coefficient (Wildman–Crippen LogP) is 3.18. The normalized spacial score (nSPS) is 16.7. The lowest BCUT2D eigenvalue weighted by Crippen LogP contribution is -2.27. The van der Waals surface area contributed by atoms with E-state index in [1.165, 1.54) is 29.0 Å². The molecule has 2 heterocycles. The van der Waals surface area contributed by atoms with E-state index >= 15 is 0 Å². The number of para-hydroxylation sites is 1. The van der Waals surface area contributed by atoms with Gasteiger partial charge in [0.1, 0.15) is 16.2 Å². The van der Waals surface area contributed by atoms with Gasteiger partial charge in [-0.15, -0.1) is 6.58 Å². The van der Waals surface area contributed by atoms with Crippen molar-refractivity contribution in [2.75, 3.05) is 6.54 Å². The van der Waals surface area contributed by atoms with Crippen LogP contribution in [0.5, 0.6) is 0 Å². The minimum atomic E-state index is -0.220. The number of hydrogen-bond acceptors (Lipinski definition) is 5. The van der Waals surface area contributed by atoms with E-state index in [0.717, 1.165) is 0 Å². The van der Waals surface area contributed by atoms with E-state index in [9.17, 15) is 9.59 Å². The van der Waals surface area contributed by atoms with Crippen molar-refractivity contribution in [3.8, 4) is 0 Å². The van der Waals surface area contributed by atoms with Crippen molar-refractivity contribution in [3.05, 3.63) is 63.9 Å². The van der Waals surface area contributed by atoms with E-state index in [1.54, 1.807) is 30.3 Å². The molecule has 1 aliphatic rings. The van der Waals surface area contributed by atoms with Crippen molar-refractivity contribution in [1.82, 2.24) is 4.90 Å². The van der Waals surface area contributed by atoms with Crippen LogP contribution in [0.15, 0.2) is 57.3 Å². The van der Waals surface area contributed by atoms with Gasteiger partial charge in [0.25, 0.3) is 5.91 Å². The summed E-state index contributed by atoms with van der Waals surface area (Å²) in [6, 6.07) is 6.99. The molecule has 0 saturated carbocycles. The number of carbonyl (C=O) groups is 1. The summed E-state index contributed by atoms with van der Waals surface area (Å²) in [5, 5.41) is 0.484. The summed E-state index contributed by atoms with van der Waals surface area (Å²) in [6.45, 7) is 3.96. The van der Waals surface area contributed by atoms with Crippen LogP contribution >= 0.6 is 24.0 Å². The van der Waals surface area contributed by atoms with Crippen LogP contribution in [-0.4, -0.2) is 21.7 Å². The maximum atomic E-state index is 12.4. The van der Waals surface area contributed by atoms with Gasteiger partial charge in [-0.3, -0.25) is 14.5 Å². The first kappa shape index (κ1) is 14.7. The number of benzene rings is 1. The van der Waals surface area contributed by atoms with Gasteiger partial charge in [0.05, 0.1) is 15.9 Å². The molecule has 0 aliphatic carbocycles. The molecule has 4 nitrogen and oxygen atoms in total. The highest BCUT2D eigenvalue weighted by Crippen LogP contribution is 2.32. The molecule has 1 fully saturated rings. The van der Waals surface area contributed by atoms with Crippen molar-refractivity contribution < 1.29 is 9.21 Å². The first-order valence-corrected chi connectivity index (χ1v) is 7.71. The topological polar surface area (TPSA) is 50.5 Å². The van der Waals surface area contributed by atoms with Crippen molar-refractivity contribution in [2.45, 2.75) is 0 Å². The summed E-state index contributed by atoms with van der Waals surface area (Å²) in [5.74, 6) is -0.220. The summed E-state index contributed by atoms with van der Waals surface area (Å²) < 4.78 is 5.90. The quantitative estimate of drug-likeness (QED) is 0.492. The highest BCUT2D eigenvalue weighted by Gasteiger charge is 2.31. The minimum Gasteiger partial charge on any atom is -0.463 e. The van der Waals surface area contributed by atoms with E-state index in [1.807, 2.05) is 0 Å². The third-order valence-corrected chi connectivity index (χ3v) is 4.56. The number of amides is 1. The lowest BCUT2D eigenvalue weighted by atomic mass is 10.1. The van der Waals surface area contributed by atoms with Crippen molar-refractivity contribution in [2.24, 2.45) is 0 Å². The minimum absolute atomic E-state index is 0.171. The second kappa shape index (κ2) is 5.90. The van der Waals surface area contributed by atoms with Gasteiger partial charge in [0.2, 0.25) is 0 Å². The van der Waals surface area contributed by atoms with Crippen LogP contribution in [0.1, 0.15) is 5.56 Å². The van der Waals surface area contributed by atoms with E-state index in [4.69, 9.17) is 16.6 Å². The number of thiocarbonyl (C=S) groups is 1. The molecule has 22 heavy (non-hydrogen) atoms. The molecule has 0 bridgehead atoms. The standard InChI is InChI=1S/C16H11NO3S2/c1-2-7-17-15(19)13(22-16(17)21)8-10-9-20-12-6-4-3-5-11(12)14(10)18/h2-6,8-9H,1,7H2/b13-8-. The maximum Gasteiger partial charge on any atom is 0.266 e. The van der Waals surface area contributed by atoms with Gasteiger partial charge in [-0.25, -0.2) is 0 Å². The fraction of sp³-hybridized carbons (Fsp3) is 0.0625. The molecule has 2 aromatic rings. The Morgan fingerprint density at radius 1 is 1.32 bits per heavy atom. The molecule has 1 aromatic carbocycles. The first-order valence-electron chi connectivity index (χ1n) is 6.48. The number of carbonyl (C=O) groups excluding carboxylic acids is 1. The Kier molecular flexibility index (Phi) is 3.96. The Morgan fingerprint density at radius 2 is 2.09 bits per heavy atom. The molecular formula is C16H11NO3S2. The zero-order valence-corrected chi connectivity index (χ0v) is 13.1. The summed E-state index contributed by atoms with van der Waals surface area (Å²) >= 11 is 6.34. The van der Waals surface area contributed by atoms with E-state index in [0.29, 0.717) is 32.3 Å². The van der Waals surface area contributed by atoms with E-state index < -0.39 is 0 Å². The molecule has 110 valence electrons. The first-order chi connectivity index (χ1) is 10.6. The summed E-state index contributed by atoms with van der Waals surface area (Å²) in [4.78, 5) is 26.5. The Labute approximate surface area is 136 Å². The fourth-order valence-electron chi connectivity index (χ4n) is 2.12. The monoisotopic (exact) mass is 329 g/mol. The van der Waals surface area contributed by atoms with Crippen LogP contribution in [0, 0.1) is 0 Å². The molecule has 0 radical (unpaired) electrons. The Hall–Kier alpha value is -2.18. The van der Waals surface area contributed by atoms with Crippen LogP contribution in [0.25, 0.3) is 17.0 Å². The third-order valence-electron chi connectivity index (χ3n) is 3.18. The smallest absolute Gasteiger partial charge is 0.266 e. The largest absolute Gasteiger partial charge is 0.463 e. The number of nitrogens with zero attached hydrogens (tertiary/aromatic N) is 1. The van der Waals surface area contributed by atoms with Gasteiger partial charge < -0.3 is 4.42 Å². The Balaban J connectivity index is 2.04. The third kappa shape index (κ3) is 2.51. The number of thioether (sulfide) groups is 1. The van der Waals surface area contributed by atoms with Crippen LogP contribution in [0.2, 0.25) is 0 Å². The molecule has 0 atom stereocenters. The second-order valence-electron chi connectivity index (χ2n) is 4.60. The van der Waals surface area contributed by atoms with Crippen molar-refractivity contribution in [1.29, 1.82) is 0 Å². The molecule has 1 aromatic heterocycles. The fourth-order valence-corrected chi connectivity index (χ4v) is 3.39. The SMILES string of the molecule is C=CCN1C(=O)/C(=C/c2coc3ccccc3c2=O)SC1=S. The zero-order valence-electron chi connectivity index (χ0n) is 11.4. The van der Waals surface area contributed by atoms with Crippen molar-refractivity contribution >= 4 is 51.3 Å². The number of fused-ring (bicyclic) bond motifs is 1. The van der Waals surface area contributed by atoms with E-state index in [-0.39, 0.29) is 11.3 Å². The van der Waals surface area contributed by atoms with Crippen LogP contribution < -0.4 is 5.43 Å². The molecule has 1 saturated heterocycles. The van der Waals surface area contributed by atoms with Gasteiger partial charge in [-0.05, 0) is 18.2 Å². The number of rotatable bonds is 3. The maximum absolute atomic E-state index is 12.4. The number of hydrogen-bond donors (Lipinski definition) is 0. The average molecular weight is 329 g/mol. The molecule has 1 aliphatic heterocycles. The molecule has 0 unspecified atom stereocenters. The summed E-state index contributed by atoms with van der Waals surface area (Å²) in [7, 11) is 0. The van der Waals surface area contributed by atoms with Crippen LogP contribution in [0.4, 0.5) is 0 Å². The highest BCUT2D eigenvalue weighted by atomic mass is 32.2. The Bertz CT molecular complexity index is 882. The lowest BCUT2D eigenvalue weighted by molar-refractivity contribution is -0.121. The molecule has 0 spiro atoms. The van der Waals surface area contributed by atoms with Crippen LogP contribution in [0.3, 0.4) is 0 Å². The molecular weight excluding hydrogens is 318 g/mol. The molecule has 6 heteroatoms. The van der Waals surface area contributed by atoms with Gasteiger partial charge in [0, 0.05) is 6.54 Å². The van der Waals surface area contributed by atoms with E-state index in [2.05, 4.69) is 6.58 Å².